The molecule has 46 heavy (non-hydrogen) atoms. The van der Waals surface area contributed by atoms with Crippen LogP contribution in [0.1, 0.15) is 62.2 Å². The van der Waals surface area contributed by atoms with Gasteiger partial charge in [-0.3, -0.25) is 9.80 Å². The minimum Gasteiger partial charge on any atom is -0.507 e. The Morgan fingerprint density at radius 1 is 0.978 bits per heavy atom. The number of nitrogens with zero attached hydrogens (tertiary/aromatic N) is 2. The van der Waals surface area contributed by atoms with Crippen molar-refractivity contribution in [2.75, 3.05) is 26.9 Å². The lowest BCUT2D eigenvalue weighted by Gasteiger charge is -2.60. The molecule has 4 heterocycles. The molecule has 3 aromatic carbocycles. The van der Waals surface area contributed by atoms with Gasteiger partial charge in [0, 0.05) is 41.4 Å². The van der Waals surface area contributed by atoms with Crippen molar-refractivity contribution in [1.29, 1.82) is 0 Å². The standard InChI is InChI=1S/C35H38F3N3O5/c1-17-11-21-13-25-34(44)41-24(29(40(25)4)27(21)31(43)18(17)2)14-23-28(33-32(45-16-46-33)19(3)30(23)42)26(41)15-39-10-6-8-20-7-5-9-22(12-20)35(36,37)38/h5-9,11-12,24-26,29,34,39,42-44H,10,13-16H2,1-4H3/b8-6+/t24?,25-,26-,29-,34?/m0/s1. The fourth-order valence-corrected chi connectivity index (χ4v) is 8.03. The molecule has 0 amide bonds. The summed E-state index contributed by atoms with van der Waals surface area (Å²) in [4.78, 5) is 4.25. The van der Waals surface area contributed by atoms with E-state index >= 15 is 0 Å². The second-order valence-corrected chi connectivity index (χ2v) is 12.9. The number of aryl methyl sites for hydroxylation is 1. The number of ether oxygens (including phenoxy) is 2. The van der Waals surface area contributed by atoms with Crippen molar-refractivity contribution < 1.29 is 38.0 Å². The summed E-state index contributed by atoms with van der Waals surface area (Å²) in [7, 11) is 1.99. The Labute approximate surface area is 265 Å². The predicted molar refractivity (Wildman–Crippen MR) is 166 cm³/mol. The maximum atomic E-state index is 13.2. The highest BCUT2D eigenvalue weighted by molar-refractivity contribution is 5.66. The zero-order valence-electron chi connectivity index (χ0n) is 26.2. The van der Waals surface area contributed by atoms with E-state index in [1.54, 1.807) is 25.1 Å². The predicted octanol–water partition coefficient (Wildman–Crippen LogP) is 5.27. The van der Waals surface area contributed by atoms with E-state index in [2.05, 4.69) is 21.2 Å². The number of hydrogen-bond acceptors (Lipinski definition) is 8. The van der Waals surface area contributed by atoms with Crippen LogP contribution in [0, 0.1) is 20.8 Å². The van der Waals surface area contributed by atoms with Crippen LogP contribution in [-0.2, 0) is 19.0 Å². The van der Waals surface area contributed by atoms with E-state index in [-0.39, 0.29) is 36.4 Å². The van der Waals surface area contributed by atoms with Crippen LogP contribution in [0.3, 0.4) is 0 Å². The summed E-state index contributed by atoms with van der Waals surface area (Å²) in [6, 6.07) is 6.04. The topological polar surface area (TPSA) is 97.7 Å². The molecule has 4 aliphatic heterocycles. The lowest BCUT2D eigenvalue weighted by molar-refractivity contribution is -0.171. The molecule has 8 nitrogen and oxygen atoms in total. The number of likely N-dealkylation sites (N-methyl/N-ethyl adjacent to an activating group) is 1. The van der Waals surface area contributed by atoms with Crippen molar-refractivity contribution >= 4 is 6.08 Å². The first-order valence-electron chi connectivity index (χ1n) is 15.6. The van der Waals surface area contributed by atoms with Gasteiger partial charge in [0.05, 0.1) is 23.7 Å². The molecule has 4 N–H and O–H groups in total. The van der Waals surface area contributed by atoms with Gasteiger partial charge in [-0.15, -0.1) is 0 Å². The maximum absolute atomic E-state index is 13.2. The lowest BCUT2D eigenvalue weighted by Crippen LogP contribution is -2.69. The Morgan fingerprint density at radius 2 is 1.74 bits per heavy atom. The number of aromatic hydroxyl groups is 2. The monoisotopic (exact) mass is 637 g/mol. The Hall–Kier alpha value is -3.77. The quantitative estimate of drug-likeness (QED) is 0.281. The number of phenolic OH excluding ortho intramolecular Hbond substituents is 2. The Kier molecular flexibility index (Phi) is 7.51. The molecule has 4 aliphatic rings. The first-order valence-corrected chi connectivity index (χ1v) is 15.6. The largest absolute Gasteiger partial charge is 0.507 e. The van der Waals surface area contributed by atoms with Crippen LogP contribution < -0.4 is 14.8 Å². The Morgan fingerprint density at radius 3 is 2.50 bits per heavy atom. The molecule has 5 atom stereocenters. The molecule has 3 aromatic rings. The molecule has 7 rings (SSSR count). The van der Waals surface area contributed by atoms with Crippen molar-refractivity contribution in [1.82, 2.24) is 15.1 Å². The van der Waals surface area contributed by atoms with Crippen LogP contribution in [0.25, 0.3) is 6.08 Å². The molecule has 11 heteroatoms. The average molecular weight is 638 g/mol. The highest BCUT2D eigenvalue weighted by atomic mass is 19.4. The number of nitrogens with one attached hydrogen (secondary N) is 1. The number of fused-ring (bicyclic) bond motifs is 9. The first kappa shape index (κ1) is 30.9. The van der Waals surface area contributed by atoms with Crippen molar-refractivity contribution in [2.45, 2.75) is 70.2 Å². The van der Waals surface area contributed by atoms with Crippen LogP contribution in [0.4, 0.5) is 13.2 Å². The zero-order valence-corrected chi connectivity index (χ0v) is 26.2. The third kappa shape index (κ3) is 4.74. The van der Waals surface area contributed by atoms with Crippen molar-refractivity contribution in [3.8, 4) is 23.0 Å². The van der Waals surface area contributed by atoms with Crippen LogP contribution in [0.5, 0.6) is 23.0 Å². The van der Waals surface area contributed by atoms with Crippen LogP contribution >= 0.6 is 0 Å². The molecule has 1 saturated heterocycles. The van der Waals surface area contributed by atoms with Crippen LogP contribution in [0.15, 0.2) is 36.4 Å². The molecule has 2 bridgehead atoms. The Balaban J connectivity index is 1.26. The van der Waals surface area contributed by atoms with E-state index in [4.69, 9.17) is 9.47 Å². The van der Waals surface area contributed by atoms with E-state index in [0.29, 0.717) is 48.6 Å². The second-order valence-electron chi connectivity index (χ2n) is 12.9. The van der Waals surface area contributed by atoms with Gasteiger partial charge >= 0.3 is 6.18 Å². The molecule has 0 aliphatic carbocycles. The number of phenols is 2. The maximum Gasteiger partial charge on any atom is 0.416 e. The number of alkyl halides is 3. The summed E-state index contributed by atoms with van der Waals surface area (Å²) in [5.41, 5.74) is 5.53. The summed E-state index contributed by atoms with van der Waals surface area (Å²) >= 11 is 0. The number of aliphatic hydroxyl groups excluding tert-OH is 1. The number of hydrogen-bond donors (Lipinski definition) is 4. The number of piperazine rings is 1. The summed E-state index contributed by atoms with van der Waals surface area (Å²) in [5.74, 6) is 1.45. The van der Waals surface area contributed by atoms with Crippen LogP contribution in [-0.4, -0.2) is 70.4 Å². The van der Waals surface area contributed by atoms with E-state index in [1.807, 2.05) is 20.9 Å². The number of benzene rings is 3. The number of halogens is 3. The SMILES string of the molecule is Cc1cc2c(c(O)c1C)[C@@H]1C3Cc4c(O)c(C)c5c(c4[C@H](CNC/C=C/c4cccc(C(F)(F)F)c4)N3C(O)[C@H](C2)N1C)OCO5. The fraction of sp³-hybridized carbons (Fsp3) is 0.429. The smallest absolute Gasteiger partial charge is 0.416 e. The zero-order chi connectivity index (χ0) is 32.7. The van der Waals surface area contributed by atoms with Gasteiger partial charge in [0.25, 0.3) is 0 Å². The summed E-state index contributed by atoms with van der Waals surface area (Å²) in [5, 5.41) is 38.5. The minimum atomic E-state index is -4.42. The van der Waals surface area contributed by atoms with Gasteiger partial charge in [-0.1, -0.05) is 30.4 Å². The molecule has 0 spiro atoms. The minimum absolute atomic E-state index is 0.0196. The van der Waals surface area contributed by atoms with Gasteiger partial charge in [-0.05, 0) is 75.0 Å². The van der Waals surface area contributed by atoms with Crippen molar-refractivity contribution in [3.05, 3.63) is 86.5 Å². The molecule has 2 unspecified atom stereocenters. The molecule has 0 radical (unpaired) electrons. The fourth-order valence-electron chi connectivity index (χ4n) is 8.03. The highest BCUT2D eigenvalue weighted by Gasteiger charge is 2.55. The van der Waals surface area contributed by atoms with Crippen molar-refractivity contribution in [3.63, 3.8) is 0 Å². The number of rotatable bonds is 5. The van der Waals surface area contributed by atoms with Gasteiger partial charge in [0.2, 0.25) is 6.79 Å². The normalized spacial score (nSPS) is 25.4. The third-order valence-corrected chi connectivity index (χ3v) is 10.4. The Bertz CT molecular complexity index is 1740. The summed E-state index contributed by atoms with van der Waals surface area (Å²) in [6.45, 7) is 6.41. The van der Waals surface area contributed by atoms with Crippen molar-refractivity contribution in [2.24, 2.45) is 0 Å². The third-order valence-electron chi connectivity index (χ3n) is 10.4. The molecular formula is C35H38F3N3O5. The molecule has 0 saturated carbocycles. The highest BCUT2D eigenvalue weighted by Crippen LogP contribution is 2.57. The molecule has 244 valence electrons. The van der Waals surface area contributed by atoms with Gasteiger partial charge < -0.3 is 30.1 Å². The average Bonchev–Trinajstić information content (AvgIpc) is 3.51. The summed E-state index contributed by atoms with van der Waals surface area (Å²) < 4.78 is 51.3. The number of aliphatic hydroxyl groups is 1. The summed E-state index contributed by atoms with van der Waals surface area (Å²) in [6.07, 6.45) is -0.908. The second kappa shape index (κ2) is 11.2. The van der Waals surface area contributed by atoms with Gasteiger partial charge in [0.15, 0.2) is 11.5 Å². The van der Waals surface area contributed by atoms with E-state index < -0.39 is 24.0 Å². The first-order chi connectivity index (χ1) is 21.9. The molecule has 0 aromatic heterocycles. The molecule has 1 fully saturated rings. The lowest BCUT2D eigenvalue weighted by atomic mass is 9.73. The van der Waals surface area contributed by atoms with E-state index in [9.17, 15) is 28.5 Å². The molecular weight excluding hydrogens is 599 g/mol. The van der Waals surface area contributed by atoms with E-state index in [0.717, 1.165) is 45.5 Å². The van der Waals surface area contributed by atoms with Gasteiger partial charge in [-0.25, -0.2) is 0 Å². The van der Waals surface area contributed by atoms with E-state index in [1.165, 1.54) is 6.07 Å². The van der Waals surface area contributed by atoms with Crippen LogP contribution in [0.2, 0.25) is 0 Å². The van der Waals surface area contributed by atoms with Gasteiger partial charge in [0.1, 0.15) is 17.7 Å². The van der Waals surface area contributed by atoms with Gasteiger partial charge in [-0.2, -0.15) is 13.2 Å².